The third-order valence-electron chi connectivity index (χ3n) is 3.68. The van der Waals surface area contributed by atoms with Crippen LogP contribution in [0.15, 0.2) is 0 Å². The fourth-order valence-electron chi connectivity index (χ4n) is 2.63. The maximum absolute atomic E-state index is 12.6. The number of thioether (sulfide) groups is 1. The molecular weight excluding hydrogens is 316 g/mol. The molecular formula is C12H20N2O5S2. The van der Waals surface area contributed by atoms with Gasteiger partial charge in [-0.2, -0.15) is 11.8 Å². The summed E-state index contributed by atoms with van der Waals surface area (Å²) < 4.78 is 23.4. The quantitative estimate of drug-likeness (QED) is 0.769. The fraction of sp³-hybridized carbons (Fsp3) is 0.833. The average Bonchev–Trinajstić information content (AvgIpc) is 2.65. The van der Waals surface area contributed by atoms with Crippen LogP contribution in [0.3, 0.4) is 0 Å². The van der Waals surface area contributed by atoms with Crippen LogP contribution in [0, 0.1) is 0 Å². The Morgan fingerprint density at radius 3 is 2.67 bits per heavy atom. The summed E-state index contributed by atoms with van der Waals surface area (Å²) in [6, 6.07) is -0.983. The van der Waals surface area contributed by atoms with Crippen molar-refractivity contribution >= 4 is 33.6 Å². The van der Waals surface area contributed by atoms with E-state index < -0.39 is 21.8 Å². The van der Waals surface area contributed by atoms with Crippen molar-refractivity contribution in [2.24, 2.45) is 0 Å². The van der Waals surface area contributed by atoms with E-state index in [1.54, 1.807) is 16.7 Å². The van der Waals surface area contributed by atoms with Crippen molar-refractivity contribution in [2.75, 3.05) is 42.6 Å². The minimum absolute atomic E-state index is 0.0859. The smallest absolute Gasteiger partial charge is 0.320 e. The van der Waals surface area contributed by atoms with Crippen molar-refractivity contribution in [1.82, 2.24) is 9.80 Å². The first-order chi connectivity index (χ1) is 9.89. The highest BCUT2D eigenvalue weighted by Gasteiger charge is 2.37. The zero-order valence-corrected chi connectivity index (χ0v) is 13.4. The van der Waals surface area contributed by atoms with E-state index in [2.05, 4.69) is 0 Å². The second-order valence-corrected chi connectivity index (χ2v) is 8.75. The number of carboxylic acids is 1. The first kappa shape index (κ1) is 16.4. The molecule has 0 aliphatic carbocycles. The average molecular weight is 336 g/mol. The van der Waals surface area contributed by atoms with Crippen LogP contribution < -0.4 is 0 Å². The zero-order chi connectivity index (χ0) is 15.5. The maximum Gasteiger partial charge on any atom is 0.320 e. The standard InChI is InChI=1S/C12H20N2O5S2/c15-11(16)8-10-9-21(18,19)7-4-14(10)12(17)13-2-1-5-20-6-3-13/h10H,1-9H2,(H,15,16). The van der Waals surface area contributed by atoms with Gasteiger partial charge in [0.25, 0.3) is 0 Å². The molecule has 0 spiro atoms. The summed E-state index contributed by atoms with van der Waals surface area (Å²) in [7, 11) is -3.26. The topological polar surface area (TPSA) is 95.0 Å². The summed E-state index contributed by atoms with van der Waals surface area (Å²) in [6.45, 7) is 1.37. The Balaban J connectivity index is 2.10. The van der Waals surface area contributed by atoms with E-state index in [1.165, 1.54) is 4.90 Å². The molecule has 2 rings (SSSR count). The molecule has 21 heavy (non-hydrogen) atoms. The van der Waals surface area contributed by atoms with Crippen LogP contribution in [0.1, 0.15) is 12.8 Å². The summed E-state index contributed by atoms with van der Waals surface area (Å²) in [6.07, 6.45) is 0.583. The predicted octanol–water partition coefficient (Wildman–Crippen LogP) is 0.119. The molecule has 1 unspecified atom stereocenters. The highest BCUT2D eigenvalue weighted by atomic mass is 32.2. The third-order valence-corrected chi connectivity index (χ3v) is 6.42. The van der Waals surface area contributed by atoms with Gasteiger partial charge in [0, 0.05) is 25.4 Å². The lowest BCUT2D eigenvalue weighted by atomic mass is 10.2. The second-order valence-electron chi connectivity index (χ2n) is 5.29. The molecule has 0 aromatic carbocycles. The van der Waals surface area contributed by atoms with Gasteiger partial charge in [0.15, 0.2) is 9.84 Å². The lowest BCUT2D eigenvalue weighted by Crippen LogP contribution is -2.56. The number of sulfone groups is 1. The molecule has 7 nitrogen and oxygen atoms in total. The molecule has 0 radical (unpaired) electrons. The van der Waals surface area contributed by atoms with Gasteiger partial charge in [-0.15, -0.1) is 0 Å². The van der Waals surface area contributed by atoms with Crippen LogP contribution in [0.5, 0.6) is 0 Å². The molecule has 2 heterocycles. The van der Waals surface area contributed by atoms with E-state index in [-0.39, 0.29) is 30.5 Å². The van der Waals surface area contributed by atoms with Gasteiger partial charge in [0.05, 0.1) is 24.0 Å². The van der Waals surface area contributed by atoms with Gasteiger partial charge in [-0.3, -0.25) is 4.79 Å². The molecule has 0 saturated carbocycles. The van der Waals surface area contributed by atoms with Crippen LogP contribution in [-0.2, 0) is 14.6 Å². The second kappa shape index (κ2) is 6.87. The van der Waals surface area contributed by atoms with Crippen molar-refractivity contribution < 1.29 is 23.1 Å². The molecule has 0 bridgehead atoms. The van der Waals surface area contributed by atoms with E-state index in [9.17, 15) is 18.0 Å². The van der Waals surface area contributed by atoms with Crippen LogP contribution in [0.4, 0.5) is 4.79 Å². The normalized spacial score (nSPS) is 26.2. The first-order valence-corrected chi connectivity index (χ1v) is 9.92. The number of hydrogen-bond acceptors (Lipinski definition) is 5. The number of rotatable bonds is 2. The highest BCUT2D eigenvalue weighted by molar-refractivity contribution is 7.99. The summed E-state index contributed by atoms with van der Waals surface area (Å²) in [5.74, 6) is 0.449. The lowest BCUT2D eigenvalue weighted by molar-refractivity contribution is -0.138. The number of carboxylic acid groups (broad SMARTS) is 1. The van der Waals surface area contributed by atoms with Crippen molar-refractivity contribution in [3.05, 3.63) is 0 Å². The number of hydrogen-bond donors (Lipinski definition) is 1. The maximum atomic E-state index is 12.6. The molecule has 1 N–H and O–H groups in total. The molecule has 2 aliphatic heterocycles. The number of carbonyl (C=O) groups excluding carboxylic acids is 1. The molecule has 120 valence electrons. The Morgan fingerprint density at radius 1 is 1.19 bits per heavy atom. The van der Waals surface area contributed by atoms with Gasteiger partial charge in [-0.05, 0) is 12.2 Å². The van der Waals surface area contributed by atoms with E-state index in [0.29, 0.717) is 13.1 Å². The Kier molecular flexibility index (Phi) is 5.37. The Labute approximate surface area is 128 Å². The largest absolute Gasteiger partial charge is 0.481 e. The first-order valence-electron chi connectivity index (χ1n) is 6.94. The number of carbonyl (C=O) groups is 2. The van der Waals surface area contributed by atoms with Gasteiger partial charge in [0.2, 0.25) is 0 Å². The third kappa shape index (κ3) is 4.50. The van der Waals surface area contributed by atoms with E-state index >= 15 is 0 Å². The minimum atomic E-state index is -3.26. The lowest BCUT2D eigenvalue weighted by Gasteiger charge is -2.38. The predicted molar refractivity (Wildman–Crippen MR) is 80.3 cm³/mol. The molecule has 0 aromatic heterocycles. The van der Waals surface area contributed by atoms with E-state index in [4.69, 9.17) is 5.11 Å². The van der Waals surface area contributed by atoms with Crippen molar-refractivity contribution in [1.29, 1.82) is 0 Å². The Bertz CT molecular complexity index is 500. The monoisotopic (exact) mass is 336 g/mol. The summed E-state index contributed by atoms with van der Waals surface area (Å²) in [4.78, 5) is 26.6. The Hall–Kier alpha value is -0.960. The van der Waals surface area contributed by atoms with Crippen LogP contribution >= 0.6 is 11.8 Å². The molecule has 2 aliphatic rings. The van der Waals surface area contributed by atoms with E-state index in [0.717, 1.165) is 17.9 Å². The van der Waals surface area contributed by atoms with E-state index in [1.807, 2.05) is 0 Å². The van der Waals surface area contributed by atoms with Gasteiger partial charge < -0.3 is 14.9 Å². The molecule has 1 atom stereocenters. The number of amides is 2. The van der Waals surface area contributed by atoms with Gasteiger partial charge in [-0.1, -0.05) is 0 Å². The number of urea groups is 1. The summed E-state index contributed by atoms with van der Waals surface area (Å²) in [5.41, 5.74) is 0. The van der Waals surface area contributed by atoms with Crippen molar-refractivity contribution in [2.45, 2.75) is 18.9 Å². The van der Waals surface area contributed by atoms with Crippen LogP contribution in [0.2, 0.25) is 0 Å². The van der Waals surface area contributed by atoms with Crippen LogP contribution in [-0.4, -0.2) is 84.0 Å². The molecule has 0 aromatic rings. The molecule has 2 amide bonds. The number of nitrogens with zero attached hydrogens (tertiary/aromatic N) is 2. The number of aliphatic carboxylic acids is 1. The highest BCUT2D eigenvalue weighted by Crippen LogP contribution is 2.19. The Morgan fingerprint density at radius 2 is 1.95 bits per heavy atom. The van der Waals surface area contributed by atoms with Crippen LogP contribution in [0.25, 0.3) is 0 Å². The van der Waals surface area contributed by atoms with Gasteiger partial charge >= 0.3 is 12.0 Å². The fourth-order valence-corrected chi connectivity index (χ4v) is 5.04. The van der Waals surface area contributed by atoms with Gasteiger partial charge in [0.1, 0.15) is 0 Å². The van der Waals surface area contributed by atoms with Gasteiger partial charge in [-0.25, -0.2) is 13.2 Å². The zero-order valence-electron chi connectivity index (χ0n) is 11.7. The van der Waals surface area contributed by atoms with Crippen molar-refractivity contribution in [3.63, 3.8) is 0 Å². The summed E-state index contributed by atoms with van der Waals surface area (Å²) >= 11 is 1.79. The molecule has 2 saturated heterocycles. The molecule has 2 fully saturated rings. The molecule has 9 heteroatoms. The SMILES string of the molecule is O=C(O)CC1CS(=O)(=O)CCN1C(=O)N1CCCSCC1. The minimum Gasteiger partial charge on any atom is -0.481 e. The van der Waals surface area contributed by atoms with Crippen molar-refractivity contribution in [3.8, 4) is 0 Å². The summed E-state index contributed by atoms with van der Waals surface area (Å²) in [5, 5.41) is 8.94.